The van der Waals surface area contributed by atoms with Gasteiger partial charge in [0.25, 0.3) is 0 Å². The number of halogens is 2. The minimum Gasteiger partial charge on any atom is -0.465 e. The molecule has 0 bridgehead atoms. The lowest BCUT2D eigenvalue weighted by Crippen LogP contribution is -2.40. The van der Waals surface area contributed by atoms with Gasteiger partial charge in [0.1, 0.15) is 5.60 Å². The first kappa shape index (κ1) is 16.0. The van der Waals surface area contributed by atoms with Gasteiger partial charge in [-0.25, -0.2) is 4.79 Å². The first-order valence-corrected chi connectivity index (χ1v) is 5.72. The van der Waals surface area contributed by atoms with Gasteiger partial charge in [-0.1, -0.05) is 0 Å². The highest BCUT2D eigenvalue weighted by atomic mass is 19.3. The lowest BCUT2D eigenvalue weighted by atomic mass is 9.91. The highest BCUT2D eigenvalue weighted by Gasteiger charge is 2.47. The number of aliphatic hydroxyl groups is 1. The highest BCUT2D eigenvalue weighted by molar-refractivity contribution is 5.96. The Balaban J connectivity index is 3.43. The summed E-state index contributed by atoms with van der Waals surface area (Å²) in [6, 6.07) is 2.98. The van der Waals surface area contributed by atoms with Crippen molar-refractivity contribution in [2.45, 2.75) is 32.3 Å². The molecule has 0 aliphatic heterocycles. The molecule has 20 heavy (non-hydrogen) atoms. The molecule has 0 aliphatic carbocycles. The third-order valence-corrected chi connectivity index (χ3v) is 2.72. The van der Waals surface area contributed by atoms with Gasteiger partial charge in [0.2, 0.25) is 0 Å². The van der Waals surface area contributed by atoms with Crippen LogP contribution in [0.5, 0.6) is 0 Å². The first-order valence-electron chi connectivity index (χ1n) is 5.72. The van der Waals surface area contributed by atoms with Gasteiger partial charge in [0.15, 0.2) is 5.78 Å². The molecule has 1 aromatic carbocycles. The second-order valence-corrected chi connectivity index (χ2v) is 4.92. The molecule has 0 aromatic heterocycles. The molecule has 0 unspecified atom stereocenters. The molecule has 0 spiro atoms. The van der Waals surface area contributed by atoms with Gasteiger partial charge in [-0.05, 0) is 39.0 Å². The van der Waals surface area contributed by atoms with Crippen LogP contribution >= 0.6 is 0 Å². The number of carbonyl (C=O) groups excluding carboxylic acids is 1. The van der Waals surface area contributed by atoms with Gasteiger partial charge < -0.3 is 10.2 Å². The van der Waals surface area contributed by atoms with E-state index >= 15 is 0 Å². The summed E-state index contributed by atoms with van der Waals surface area (Å²) >= 11 is 0. The number of benzene rings is 1. The smallest absolute Gasteiger partial charge is 0.409 e. The number of nitrogens with one attached hydrogen (secondary N) is 1. The summed E-state index contributed by atoms with van der Waals surface area (Å²) in [6.45, 7) is 3.03. The second kappa shape index (κ2) is 5.16. The van der Waals surface area contributed by atoms with Gasteiger partial charge in [-0.2, -0.15) is 8.78 Å². The molecule has 0 saturated carbocycles. The molecular weight excluding hydrogens is 272 g/mol. The van der Waals surface area contributed by atoms with Crippen LogP contribution in [0.15, 0.2) is 18.2 Å². The van der Waals surface area contributed by atoms with Crippen LogP contribution in [0.1, 0.15) is 36.7 Å². The van der Waals surface area contributed by atoms with Crippen LogP contribution in [0, 0.1) is 0 Å². The predicted octanol–water partition coefficient (Wildman–Crippen LogP) is 2.84. The van der Waals surface area contributed by atoms with Gasteiger partial charge in [-0.15, -0.1) is 0 Å². The van der Waals surface area contributed by atoms with E-state index < -0.39 is 29.0 Å². The van der Waals surface area contributed by atoms with E-state index in [2.05, 4.69) is 0 Å². The number of carbonyl (C=O) groups is 2. The molecule has 1 amide bonds. The van der Waals surface area contributed by atoms with E-state index in [9.17, 15) is 23.5 Å². The first-order chi connectivity index (χ1) is 8.95. The van der Waals surface area contributed by atoms with Crippen molar-refractivity contribution in [3.8, 4) is 0 Å². The van der Waals surface area contributed by atoms with Crippen molar-refractivity contribution < 1.29 is 28.6 Å². The Morgan fingerprint density at radius 1 is 1.20 bits per heavy atom. The third-order valence-electron chi connectivity index (χ3n) is 2.72. The Kier molecular flexibility index (Phi) is 4.14. The molecule has 1 rings (SSSR count). The molecule has 3 N–H and O–H groups in total. The van der Waals surface area contributed by atoms with E-state index in [-0.39, 0.29) is 11.3 Å². The van der Waals surface area contributed by atoms with Crippen molar-refractivity contribution in [2.75, 3.05) is 5.32 Å². The van der Waals surface area contributed by atoms with E-state index in [1.54, 1.807) is 0 Å². The van der Waals surface area contributed by atoms with E-state index in [1.165, 1.54) is 6.92 Å². The summed E-state index contributed by atoms with van der Waals surface area (Å²) in [5.41, 5.74) is -3.23. The number of Topliss-reactive ketones (excluding diaryl/α,β-unsaturated/α-hetero) is 1. The molecule has 5 nitrogen and oxygen atoms in total. The maximum Gasteiger partial charge on any atom is 0.409 e. The maximum absolute atomic E-state index is 14.1. The van der Waals surface area contributed by atoms with Crippen molar-refractivity contribution in [2.24, 2.45) is 0 Å². The zero-order valence-electron chi connectivity index (χ0n) is 11.2. The fourth-order valence-electron chi connectivity index (χ4n) is 1.56. The third kappa shape index (κ3) is 3.30. The van der Waals surface area contributed by atoms with Crippen LogP contribution in [0.4, 0.5) is 19.3 Å². The quantitative estimate of drug-likeness (QED) is 0.743. The van der Waals surface area contributed by atoms with Crippen molar-refractivity contribution in [1.82, 2.24) is 0 Å². The summed E-state index contributed by atoms with van der Waals surface area (Å²) in [5, 5.41) is 20.1. The minimum atomic E-state index is -3.65. The second-order valence-electron chi connectivity index (χ2n) is 4.92. The zero-order chi connectivity index (χ0) is 15.7. The van der Waals surface area contributed by atoms with Crippen LogP contribution in [0.25, 0.3) is 0 Å². The monoisotopic (exact) mass is 287 g/mol. The Morgan fingerprint density at radius 2 is 1.75 bits per heavy atom. The Hall–Kier alpha value is -2.02. The largest absolute Gasteiger partial charge is 0.465 e. The molecule has 0 aliphatic rings. The van der Waals surface area contributed by atoms with Gasteiger partial charge in [-0.3, -0.25) is 10.1 Å². The maximum atomic E-state index is 14.1. The molecule has 0 atom stereocenters. The number of carboxylic acid groups (broad SMARTS) is 1. The van der Waals surface area contributed by atoms with Crippen molar-refractivity contribution >= 4 is 17.6 Å². The summed E-state index contributed by atoms with van der Waals surface area (Å²) in [7, 11) is 0. The number of anilines is 1. The van der Waals surface area contributed by atoms with Crippen molar-refractivity contribution in [3.63, 3.8) is 0 Å². The zero-order valence-corrected chi connectivity index (χ0v) is 11.2. The summed E-state index contributed by atoms with van der Waals surface area (Å²) in [4.78, 5) is 21.9. The number of rotatable bonds is 4. The van der Waals surface area contributed by atoms with E-state index in [4.69, 9.17) is 5.11 Å². The molecule has 1 aromatic rings. The van der Waals surface area contributed by atoms with Crippen LogP contribution in [-0.4, -0.2) is 27.7 Å². The number of hydrogen-bond donors (Lipinski definition) is 3. The lowest BCUT2D eigenvalue weighted by molar-refractivity contribution is -0.168. The molecule has 0 fully saturated rings. The van der Waals surface area contributed by atoms with Crippen LogP contribution < -0.4 is 5.32 Å². The summed E-state index contributed by atoms with van der Waals surface area (Å²) in [6.07, 6.45) is -1.44. The van der Waals surface area contributed by atoms with E-state index in [1.807, 2.05) is 5.32 Å². The van der Waals surface area contributed by atoms with Gasteiger partial charge >= 0.3 is 12.0 Å². The van der Waals surface area contributed by atoms with Crippen LogP contribution in [0.3, 0.4) is 0 Å². The fourth-order valence-corrected chi connectivity index (χ4v) is 1.56. The Labute approximate surface area is 114 Å². The SMILES string of the molecule is CC(=O)c1cc(NC(=O)O)cc(C(F)(F)C(C)(C)O)c1. The average molecular weight is 287 g/mol. The van der Waals surface area contributed by atoms with Crippen molar-refractivity contribution in [3.05, 3.63) is 29.3 Å². The van der Waals surface area contributed by atoms with Gasteiger partial charge in [0.05, 0.1) is 0 Å². The molecule has 110 valence electrons. The number of ketones is 1. The lowest BCUT2D eigenvalue weighted by Gasteiger charge is -2.29. The van der Waals surface area contributed by atoms with E-state index in [0.29, 0.717) is 0 Å². The van der Waals surface area contributed by atoms with Crippen molar-refractivity contribution in [1.29, 1.82) is 0 Å². The number of amides is 1. The average Bonchev–Trinajstić information content (AvgIpc) is 2.25. The molecule has 7 heteroatoms. The number of hydrogen-bond acceptors (Lipinski definition) is 3. The molecular formula is C13H15F2NO4. The Morgan fingerprint density at radius 3 is 2.15 bits per heavy atom. The normalized spacial score (nSPS) is 12.1. The summed E-state index contributed by atoms with van der Waals surface area (Å²) < 4.78 is 28.2. The minimum absolute atomic E-state index is 0.0739. The summed E-state index contributed by atoms with van der Waals surface area (Å²) in [5.74, 6) is -4.14. The fraction of sp³-hybridized carbons (Fsp3) is 0.385. The Bertz CT molecular complexity index is 550. The standard InChI is InChI=1S/C13H15F2NO4/c1-7(17)8-4-9(13(14,15)12(2,3)20)6-10(5-8)16-11(18)19/h4-6,16,20H,1-3H3,(H,18,19). The van der Waals surface area contributed by atoms with Crippen LogP contribution in [-0.2, 0) is 5.92 Å². The molecule has 0 heterocycles. The van der Waals surface area contributed by atoms with E-state index in [0.717, 1.165) is 32.0 Å². The number of alkyl halides is 2. The topological polar surface area (TPSA) is 86.6 Å². The molecule has 0 radical (unpaired) electrons. The molecule has 0 saturated heterocycles. The predicted molar refractivity (Wildman–Crippen MR) is 68.3 cm³/mol. The highest BCUT2D eigenvalue weighted by Crippen LogP contribution is 2.40. The van der Waals surface area contributed by atoms with Gasteiger partial charge in [0, 0.05) is 16.8 Å². The van der Waals surface area contributed by atoms with Crippen LogP contribution in [0.2, 0.25) is 0 Å².